The molecular weight excluding hydrogens is 231 g/mol. The zero-order valence-electron chi connectivity index (χ0n) is 8.28. The molecule has 0 aliphatic carbocycles. The van der Waals surface area contributed by atoms with Gasteiger partial charge in [-0.2, -0.15) is 13.2 Å². The maximum absolute atomic E-state index is 12.5. The molecule has 16 heavy (non-hydrogen) atoms. The topological polar surface area (TPSA) is 38.9 Å². The molecule has 0 unspecified atom stereocenters. The number of aryl methyl sites for hydroxylation is 1. The number of nitrogens with zero attached hydrogens (tertiary/aromatic N) is 1. The Kier molecular flexibility index (Phi) is 3.47. The zero-order chi connectivity index (χ0) is 12.5. The summed E-state index contributed by atoms with van der Waals surface area (Å²) in [6.07, 6.45) is -7.77. The molecule has 0 saturated heterocycles. The summed E-state index contributed by atoms with van der Waals surface area (Å²) in [6.45, 7) is 0.600. The monoisotopic (exact) mass is 240 g/mol. The van der Waals surface area contributed by atoms with Crippen LogP contribution in [0.25, 0.3) is 0 Å². The fourth-order valence-corrected chi connectivity index (χ4v) is 1.37. The van der Waals surface area contributed by atoms with Crippen molar-refractivity contribution in [2.45, 2.75) is 26.1 Å². The lowest BCUT2D eigenvalue weighted by Gasteiger charge is -2.15. The molecule has 2 nitrogen and oxygen atoms in total. The molecule has 0 saturated carbocycles. The van der Waals surface area contributed by atoms with E-state index in [1.165, 1.54) is 6.92 Å². The van der Waals surface area contributed by atoms with Gasteiger partial charge in [-0.1, -0.05) is 0 Å². The molecule has 7 heteroatoms. The quantitative estimate of drug-likeness (QED) is 0.807. The second-order valence-corrected chi connectivity index (χ2v) is 3.18. The number of halogens is 5. The summed E-state index contributed by atoms with van der Waals surface area (Å²) >= 11 is 0. The Balaban J connectivity index is 3.49. The van der Waals surface area contributed by atoms with Gasteiger partial charge in [-0.3, -0.25) is 4.98 Å². The van der Waals surface area contributed by atoms with E-state index in [0.29, 0.717) is 6.07 Å². The summed E-state index contributed by atoms with van der Waals surface area (Å²) in [6, 6.07) is 0.716. The summed E-state index contributed by atoms with van der Waals surface area (Å²) in [5.41, 5.74) is 2.27. The largest absolute Gasteiger partial charge is 0.416 e. The number of alkyl halides is 5. The first-order valence-corrected chi connectivity index (χ1v) is 4.33. The van der Waals surface area contributed by atoms with Gasteiger partial charge in [0.25, 0.3) is 6.43 Å². The van der Waals surface area contributed by atoms with Gasteiger partial charge >= 0.3 is 6.18 Å². The Morgan fingerprint density at radius 1 is 1.38 bits per heavy atom. The van der Waals surface area contributed by atoms with Crippen molar-refractivity contribution in [1.29, 1.82) is 0 Å². The average Bonchev–Trinajstić information content (AvgIpc) is 2.14. The van der Waals surface area contributed by atoms with Gasteiger partial charge in [-0.05, 0) is 13.0 Å². The predicted molar refractivity (Wildman–Crippen MR) is 46.8 cm³/mol. The van der Waals surface area contributed by atoms with Crippen LogP contribution in [0.15, 0.2) is 6.07 Å². The van der Waals surface area contributed by atoms with Crippen molar-refractivity contribution in [3.8, 4) is 0 Å². The molecule has 0 spiro atoms. The maximum atomic E-state index is 12.5. The number of rotatable bonds is 2. The minimum Gasteiger partial charge on any atom is -0.326 e. The molecule has 1 aromatic rings. The van der Waals surface area contributed by atoms with E-state index in [1.807, 2.05) is 0 Å². The van der Waals surface area contributed by atoms with Crippen molar-refractivity contribution in [3.63, 3.8) is 0 Å². The minimum atomic E-state index is -4.70. The molecular formula is C9H9F5N2. The molecule has 0 fully saturated rings. The van der Waals surface area contributed by atoms with E-state index in [-0.39, 0.29) is 5.69 Å². The van der Waals surface area contributed by atoms with Crippen molar-refractivity contribution >= 4 is 0 Å². The van der Waals surface area contributed by atoms with Crippen LogP contribution in [-0.2, 0) is 12.7 Å². The van der Waals surface area contributed by atoms with Crippen molar-refractivity contribution in [3.05, 3.63) is 28.6 Å². The van der Waals surface area contributed by atoms with Gasteiger partial charge in [0.2, 0.25) is 0 Å². The standard InChI is InChI=1S/C9H9F5N2/c1-4-2-6(9(12,13)14)5(3-15)7(16-4)8(10)11/h2,8H,3,15H2,1H3. The highest BCUT2D eigenvalue weighted by molar-refractivity contribution is 5.35. The predicted octanol–water partition coefficient (Wildman–Crippen LogP) is 2.81. The highest BCUT2D eigenvalue weighted by Crippen LogP contribution is 2.35. The van der Waals surface area contributed by atoms with Crippen molar-refractivity contribution < 1.29 is 22.0 Å². The lowest BCUT2D eigenvalue weighted by Crippen LogP contribution is -2.16. The molecule has 0 bridgehead atoms. The summed E-state index contributed by atoms with van der Waals surface area (Å²) in [5, 5.41) is 0. The van der Waals surface area contributed by atoms with Crippen LogP contribution >= 0.6 is 0 Å². The lowest BCUT2D eigenvalue weighted by atomic mass is 10.0. The first-order valence-electron chi connectivity index (χ1n) is 4.33. The van der Waals surface area contributed by atoms with E-state index in [4.69, 9.17) is 5.73 Å². The molecule has 1 aromatic heterocycles. The normalized spacial score (nSPS) is 12.2. The number of aromatic nitrogens is 1. The minimum absolute atomic E-state index is 0.111. The fourth-order valence-electron chi connectivity index (χ4n) is 1.37. The summed E-state index contributed by atoms with van der Waals surface area (Å²) in [7, 11) is 0. The second kappa shape index (κ2) is 4.32. The molecule has 2 N–H and O–H groups in total. The van der Waals surface area contributed by atoms with E-state index < -0.39 is 36.0 Å². The van der Waals surface area contributed by atoms with E-state index in [9.17, 15) is 22.0 Å². The molecule has 0 radical (unpaired) electrons. The van der Waals surface area contributed by atoms with Gasteiger partial charge in [-0.25, -0.2) is 8.78 Å². The molecule has 0 aliphatic rings. The molecule has 0 atom stereocenters. The fraction of sp³-hybridized carbons (Fsp3) is 0.444. The average molecular weight is 240 g/mol. The SMILES string of the molecule is Cc1cc(C(F)(F)F)c(CN)c(C(F)F)n1. The van der Waals surface area contributed by atoms with E-state index in [0.717, 1.165) is 0 Å². The molecule has 1 heterocycles. The molecule has 0 aromatic carbocycles. The van der Waals surface area contributed by atoms with Gasteiger partial charge in [0.1, 0.15) is 5.69 Å². The van der Waals surface area contributed by atoms with Crippen LogP contribution in [0, 0.1) is 6.92 Å². The lowest BCUT2D eigenvalue weighted by molar-refractivity contribution is -0.138. The molecule has 1 rings (SSSR count). The van der Waals surface area contributed by atoms with Crippen LogP contribution in [-0.4, -0.2) is 4.98 Å². The van der Waals surface area contributed by atoms with Crippen LogP contribution in [0.1, 0.15) is 28.9 Å². The van der Waals surface area contributed by atoms with Gasteiger partial charge in [0.05, 0.1) is 5.56 Å². The third-order valence-electron chi connectivity index (χ3n) is 2.00. The van der Waals surface area contributed by atoms with Crippen molar-refractivity contribution in [1.82, 2.24) is 4.98 Å². The Morgan fingerprint density at radius 2 is 1.94 bits per heavy atom. The van der Waals surface area contributed by atoms with Crippen LogP contribution in [0.3, 0.4) is 0 Å². The van der Waals surface area contributed by atoms with Gasteiger partial charge in [-0.15, -0.1) is 0 Å². The van der Waals surface area contributed by atoms with Crippen molar-refractivity contribution in [2.24, 2.45) is 5.73 Å². The molecule has 0 aliphatic heterocycles. The van der Waals surface area contributed by atoms with Crippen LogP contribution in [0.5, 0.6) is 0 Å². The summed E-state index contributed by atoms with van der Waals surface area (Å²) < 4.78 is 62.5. The van der Waals surface area contributed by atoms with Crippen LogP contribution < -0.4 is 5.73 Å². The Morgan fingerprint density at radius 3 is 2.31 bits per heavy atom. The molecule has 90 valence electrons. The summed E-state index contributed by atoms with van der Waals surface area (Å²) in [4.78, 5) is 3.39. The zero-order valence-corrected chi connectivity index (χ0v) is 8.28. The van der Waals surface area contributed by atoms with Crippen molar-refractivity contribution in [2.75, 3.05) is 0 Å². The third-order valence-corrected chi connectivity index (χ3v) is 2.00. The highest BCUT2D eigenvalue weighted by atomic mass is 19.4. The summed E-state index contributed by atoms with van der Waals surface area (Å²) in [5.74, 6) is 0. The van der Waals surface area contributed by atoms with Gasteiger partial charge < -0.3 is 5.73 Å². The second-order valence-electron chi connectivity index (χ2n) is 3.18. The molecule has 0 amide bonds. The highest BCUT2D eigenvalue weighted by Gasteiger charge is 2.35. The third kappa shape index (κ3) is 2.46. The maximum Gasteiger partial charge on any atom is 0.416 e. The van der Waals surface area contributed by atoms with E-state index in [2.05, 4.69) is 4.98 Å². The number of nitrogens with two attached hydrogens (primary N) is 1. The van der Waals surface area contributed by atoms with Crippen LogP contribution in [0.2, 0.25) is 0 Å². The first kappa shape index (κ1) is 12.8. The number of pyridine rings is 1. The first-order chi connectivity index (χ1) is 7.27. The van der Waals surface area contributed by atoms with Gasteiger partial charge in [0, 0.05) is 17.8 Å². The van der Waals surface area contributed by atoms with E-state index >= 15 is 0 Å². The number of hydrogen-bond donors (Lipinski definition) is 1. The Bertz CT molecular complexity index is 386. The Hall–Kier alpha value is -1.24. The van der Waals surface area contributed by atoms with Gasteiger partial charge in [0.15, 0.2) is 0 Å². The number of hydrogen-bond acceptors (Lipinski definition) is 2. The van der Waals surface area contributed by atoms with E-state index in [1.54, 1.807) is 0 Å². The Labute approximate surface area is 88.3 Å². The smallest absolute Gasteiger partial charge is 0.326 e. The van der Waals surface area contributed by atoms with Crippen LogP contribution in [0.4, 0.5) is 22.0 Å².